The summed E-state index contributed by atoms with van der Waals surface area (Å²) in [6, 6.07) is 5.68. The molecule has 2 rings (SSSR count). The minimum absolute atomic E-state index is 0.227. The Hall–Kier alpha value is -0.870. The van der Waals surface area contributed by atoms with Gasteiger partial charge < -0.3 is 10.5 Å². The van der Waals surface area contributed by atoms with E-state index in [0.717, 1.165) is 15.6 Å². The van der Waals surface area contributed by atoms with Crippen molar-refractivity contribution < 1.29 is 9.53 Å². The molecule has 3 nitrogen and oxygen atoms in total. The summed E-state index contributed by atoms with van der Waals surface area (Å²) in [5.74, 6) is -0.464. The molecule has 0 fully saturated rings. The lowest BCUT2D eigenvalue weighted by molar-refractivity contribution is -0.145. The molecule has 15 heavy (non-hydrogen) atoms. The van der Waals surface area contributed by atoms with Crippen LogP contribution in [-0.4, -0.2) is 13.1 Å². The second-order valence-electron chi connectivity index (χ2n) is 3.70. The molecule has 1 aliphatic rings. The number of benzene rings is 1. The molecule has 0 aromatic heterocycles. The second-order valence-corrected chi connectivity index (χ2v) is 4.62. The Morgan fingerprint density at radius 2 is 2.33 bits per heavy atom. The zero-order valence-electron chi connectivity index (χ0n) is 8.37. The van der Waals surface area contributed by atoms with E-state index < -0.39 is 0 Å². The Morgan fingerprint density at radius 1 is 1.60 bits per heavy atom. The molecule has 1 aromatic carbocycles. The topological polar surface area (TPSA) is 52.3 Å². The van der Waals surface area contributed by atoms with E-state index in [-0.39, 0.29) is 17.9 Å². The van der Waals surface area contributed by atoms with Gasteiger partial charge in [0, 0.05) is 10.5 Å². The van der Waals surface area contributed by atoms with Crippen molar-refractivity contribution in [1.82, 2.24) is 0 Å². The molecule has 1 aliphatic carbocycles. The third-order valence-corrected chi connectivity index (χ3v) is 3.33. The van der Waals surface area contributed by atoms with Gasteiger partial charge in [-0.15, -0.1) is 0 Å². The summed E-state index contributed by atoms with van der Waals surface area (Å²) in [6.07, 6.45) is 0.669. The predicted molar refractivity (Wildman–Crippen MR) is 60.3 cm³/mol. The Balaban J connectivity index is 2.32. The maximum absolute atomic E-state index is 11.5. The van der Waals surface area contributed by atoms with Gasteiger partial charge in [-0.2, -0.15) is 0 Å². The third kappa shape index (κ3) is 1.79. The number of rotatable bonds is 1. The first kappa shape index (κ1) is 10.6. The van der Waals surface area contributed by atoms with Gasteiger partial charge in [0.15, 0.2) is 0 Å². The fraction of sp³-hybridized carbons (Fsp3) is 0.364. The van der Waals surface area contributed by atoms with Crippen molar-refractivity contribution in [1.29, 1.82) is 0 Å². The van der Waals surface area contributed by atoms with Crippen LogP contribution in [0.25, 0.3) is 0 Å². The van der Waals surface area contributed by atoms with Gasteiger partial charge in [0.25, 0.3) is 0 Å². The van der Waals surface area contributed by atoms with E-state index in [2.05, 4.69) is 15.9 Å². The first-order valence-electron chi connectivity index (χ1n) is 4.75. The van der Waals surface area contributed by atoms with Crippen molar-refractivity contribution in [2.75, 3.05) is 7.11 Å². The van der Waals surface area contributed by atoms with Crippen molar-refractivity contribution in [3.63, 3.8) is 0 Å². The number of methoxy groups -OCH3 is 1. The van der Waals surface area contributed by atoms with Gasteiger partial charge in [0.1, 0.15) is 0 Å². The molecule has 0 bridgehead atoms. The highest BCUT2D eigenvalue weighted by Gasteiger charge is 2.35. The molecule has 4 heteroatoms. The molecule has 0 heterocycles. The van der Waals surface area contributed by atoms with Crippen LogP contribution in [0.4, 0.5) is 0 Å². The number of hydrogen-bond donors (Lipinski definition) is 1. The van der Waals surface area contributed by atoms with Gasteiger partial charge in [0.2, 0.25) is 0 Å². The molecule has 0 saturated carbocycles. The van der Waals surface area contributed by atoms with Crippen LogP contribution in [0.3, 0.4) is 0 Å². The van der Waals surface area contributed by atoms with E-state index in [1.54, 1.807) is 0 Å². The number of carbonyl (C=O) groups is 1. The minimum Gasteiger partial charge on any atom is -0.469 e. The van der Waals surface area contributed by atoms with Crippen LogP contribution in [0.15, 0.2) is 22.7 Å². The summed E-state index contributed by atoms with van der Waals surface area (Å²) < 4.78 is 5.75. The summed E-state index contributed by atoms with van der Waals surface area (Å²) in [4.78, 5) is 11.5. The lowest BCUT2D eigenvalue weighted by Gasteiger charge is -2.12. The summed E-state index contributed by atoms with van der Waals surface area (Å²) in [5.41, 5.74) is 8.18. The molecular weight excluding hydrogens is 258 g/mol. The van der Waals surface area contributed by atoms with E-state index >= 15 is 0 Å². The fourth-order valence-electron chi connectivity index (χ4n) is 2.04. The maximum Gasteiger partial charge on any atom is 0.310 e. The molecule has 1 aromatic rings. The van der Waals surface area contributed by atoms with Crippen molar-refractivity contribution in [3.8, 4) is 0 Å². The molecule has 0 spiro atoms. The highest BCUT2D eigenvalue weighted by Crippen LogP contribution is 2.36. The number of hydrogen-bond acceptors (Lipinski definition) is 3. The molecule has 0 saturated heterocycles. The van der Waals surface area contributed by atoms with Gasteiger partial charge in [-0.3, -0.25) is 4.79 Å². The van der Waals surface area contributed by atoms with Crippen LogP contribution in [0.1, 0.15) is 17.2 Å². The first-order chi connectivity index (χ1) is 7.13. The fourth-order valence-corrected chi connectivity index (χ4v) is 2.45. The highest BCUT2D eigenvalue weighted by atomic mass is 79.9. The Bertz CT molecular complexity index is 406. The minimum atomic E-state index is -0.237. The van der Waals surface area contributed by atoms with Crippen molar-refractivity contribution >= 4 is 21.9 Å². The van der Waals surface area contributed by atoms with E-state index in [0.29, 0.717) is 6.42 Å². The van der Waals surface area contributed by atoms with Gasteiger partial charge in [-0.1, -0.05) is 22.0 Å². The van der Waals surface area contributed by atoms with Gasteiger partial charge in [-0.05, 0) is 29.7 Å². The Morgan fingerprint density at radius 3 is 3.00 bits per heavy atom. The zero-order valence-corrected chi connectivity index (χ0v) is 9.95. The van der Waals surface area contributed by atoms with Crippen LogP contribution in [0.5, 0.6) is 0 Å². The SMILES string of the molecule is COC(=O)C1Cc2cc(Br)ccc2C1N. The maximum atomic E-state index is 11.5. The van der Waals surface area contributed by atoms with Crippen LogP contribution in [-0.2, 0) is 16.0 Å². The molecule has 2 atom stereocenters. The van der Waals surface area contributed by atoms with Gasteiger partial charge in [0.05, 0.1) is 13.0 Å². The van der Waals surface area contributed by atoms with Crippen LogP contribution in [0.2, 0.25) is 0 Å². The average molecular weight is 270 g/mol. The molecule has 0 aliphatic heterocycles. The van der Waals surface area contributed by atoms with Crippen molar-refractivity contribution in [2.24, 2.45) is 11.7 Å². The standard InChI is InChI=1S/C11H12BrNO2/c1-15-11(14)9-5-6-4-7(12)2-3-8(6)10(9)13/h2-4,9-10H,5,13H2,1H3. The van der Waals surface area contributed by atoms with Crippen LogP contribution < -0.4 is 5.73 Å². The van der Waals surface area contributed by atoms with E-state index in [1.807, 2.05) is 18.2 Å². The van der Waals surface area contributed by atoms with E-state index in [9.17, 15) is 4.79 Å². The molecule has 2 N–H and O–H groups in total. The quantitative estimate of drug-likeness (QED) is 0.791. The number of halogens is 1. The predicted octanol–water partition coefficient (Wildman–Crippen LogP) is 1.79. The highest BCUT2D eigenvalue weighted by molar-refractivity contribution is 9.10. The van der Waals surface area contributed by atoms with Crippen molar-refractivity contribution in [3.05, 3.63) is 33.8 Å². The molecule has 80 valence electrons. The number of carbonyl (C=O) groups excluding carboxylic acids is 1. The number of nitrogens with two attached hydrogens (primary N) is 1. The Labute approximate surface area is 96.7 Å². The summed E-state index contributed by atoms with van der Waals surface area (Å²) in [6.45, 7) is 0. The van der Waals surface area contributed by atoms with Crippen LogP contribution in [0, 0.1) is 5.92 Å². The summed E-state index contributed by atoms with van der Waals surface area (Å²) >= 11 is 3.40. The first-order valence-corrected chi connectivity index (χ1v) is 5.54. The number of ether oxygens (including phenoxy) is 1. The summed E-state index contributed by atoms with van der Waals surface area (Å²) in [7, 11) is 1.40. The van der Waals surface area contributed by atoms with Crippen molar-refractivity contribution in [2.45, 2.75) is 12.5 Å². The smallest absolute Gasteiger partial charge is 0.310 e. The average Bonchev–Trinajstić information content (AvgIpc) is 2.54. The molecule has 2 unspecified atom stereocenters. The monoisotopic (exact) mass is 269 g/mol. The largest absolute Gasteiger partial charge is 0.469 e. The summed E-state index contributed by atoms with van der Waals surface area (Å²) in [5, 5.41) is 0. The zero-order chi connectivity index (χ0) is 11.0. The third-order valence-electron chi connectivity index (χ3n) is 2.84. The lowest BCUT2D eigenvalue weighted by Crippen LogP contribution is -2.25. The molecule has 0 amide bonds. The van der Waals surface area contributed by atoms with E-state index in [4.69, 9.17) is 10.5 Å². The van der Waals surface area contributed by atoms with Gasteiger partial charge in [-0.25, -0.2) is 0 Å². The number of esters is 1. The second kappa shape index (κ2) is 3.94. The van der Waals surface area contributed by atoms with E-state index in [1.165, 1.54) is 7.11 Å². The number of fused-ring (bicyclic) bond motifs is 1. The molecule has 0 radical (unpaired) electrons. The molecular formula is C11H12BrNO2. The van der Waals surface area contributed by atoms with Gasteiger partial charge >= 0.3 is 5.97 Å². The lowest BCUT2D eigenvalue weighted by atomic mass is 10.0. The normalized spacial score (nSPS) is 23.7. The Kier molecular flexibility index (Phi) is 2.80. The van der Waals surface area contributed by atoms with Crippen LogP contribution >= 0.6 is 15.9 Å².